The van der Waals surface area contributed by atoms with Crippen molar-refractivity contribution in [3.05, 3.63) is 29.0 Å². The summed E-state index contributed by atoms with van der Waals surface area (Å²) in [5, 5.41) is -0.0573. The van der Waals surface area contributed by atoms with Gasteiger partial charge >= 0.3 is 0 Å². The van der Waals surface area contributed by atoms with Gasteiger partial charge in [0.15, 0.2) is 0 Å². The number of nitrogens with one attached hydrogen (secondary N) is 1. The molecular weight excluding hydrogens is 253 g/mol. The quantitative estimate of drug-likeness (QED) is 0.843. The zero-order valence-corrected chi connectivity index (χ0v) is 9.94. The fraction of sp³-hybridized carbons (Fsp3) is 0.200. The van der Waals surface area contributed by atoms with E-state index in [1.807, 2.05) is 0 Å². The Morgan fingerprint density at radius 1 is 1.56 bits per heavy atom. The average Bonchev–Trinajstić information content (AvgIpc) is 2.20. The summed E-state index contributed by atoms with van der Waals surface area (Å²) < 4.78 is 38.5. The highest BCUT2D eigenvalue weighted by molar-refractivity contribution is 7.89. The lowest BCUT2D eigenvalue weighted by atomic mass is 10.3. The summed E-state index contributed by atoms with van der Waals surface area (Å²) in [6, 6.07) is 2.40. The molecule has 0 saturated heterocycles. The van der Waals surface area contributed by atoms with Gasteiger partial charge in [-0.25, -0.2) is 12.8 Å². The van der Waals surface area contributed by atoms with Crippen LogP contribution in [-0.2, 0) is 10.0 Å². The summed E-state index contributed by atoms with van der Waals surface area (Å²) in [5.74, 6) is 1.52. The zero-order chi connectivity index (χ0) is 12.3. The predicted octanol–water partition coefficient (Wildman–Crippen LogP) is 1.78. The molecule has 0 heterocycles. The van der Waals surface area contributed by atoms with Crippen LogP contribution in [0, 0.1) is 18.2 Å². The molecule has 1 aromatic rings. The van der Waals surface area contributed by atoms with Gasteiger partial charge in [0.05, 0.1) is 11.1 Å². The molecule has 1 atom stereocenters. The largest absolute Gasteiger partial charge is 0.243 e. The van der Waals surface area contributed by atoms with Crippen LogP contribution in [-0.4, -0.2) is 14.5 Å². The van der Waals surface area contributed by atoms with Gasteiger partial charge in [-0.1, -0.05) is 17.5 Å². The van der Waals surface area contributed by atoms with Crippen molar-refractivity contribution in [2.75, 3.05) is 0 Å². The fourth-order valence-electron chi connectivity index (χ4n) is 1.01. The van der Waals surface area contributed by atoms with Crippen molar-refractivity contribution in [2.24, 2.45) is 0 Å². The molecule has 0 radical (unpaired) electrons. The second-order valence-corrected chi connectivity index (χ2v) is 5.17. The minimum Gasteiger partial charge on any atom is -0.207 e. The number of sulfonamides is 1. The molecule has 0 aromatic heterocycles. The summed E-state index contributed by atoms with van der Waals surface area (Å²) in [5.41, 5.74) is 0. The molecule has 0 bridgehead atoms. The van der Waals surface area contributed by atoms with Crippen LogP contribution in [0.1, 0.15) is 6.92 Å². The Morgan fingerprint density at radius 3 is 2.75 bits per heavy atom. The summed E-state index contributed by atoms with van der Waals surface area (Å²) in [6.07, 6.45) is 5.04. The van der Waals surface area contributed by atoms with E-state index in [1.165, 1.54) is 13.0 Å². The molecule has 1 rings (SSSR count). The zero-order valence-electron chi connectivity index (χ0n) is 8.37. The van der Waals surface area contributed by atoms with Gasteiger partial charge in [0.1, 0.15) is 10.7 Å². The van der Waals surface area contributed by atoms with Crippen molar-refractivity contribution in [2.45, 2.75) is 17.9 Å². The molecular formula is C10H9ClFNO2S. The van der Waals surface area contributed by atoms with Gasteiger partial charge in [0.25, 0.3) is 0 Å². The van der Waals surface area contributed by atoms with E-state index >= 15 is 0 Å². The molecule has 0 aliphatic rings. The molecule has 3 nitrogen and oxygen atoms in total. The second kappa shape index (κ2) is 4.83. The Hall–Kier alpha value is -1.09. The van der Waals surface area contributed by atoms with E-state index in [0.717, 1.165) is 12.1 Å². The molecule has 1 unspecified atom stereocenters. The van der Waals surface area contributed by atoms with Gasteiger partial charge in [-0.05, 0) is 25.1 Å². The van der Waals surface area contributed by atoms with Crippen LogP contribution >= 0.6 is 11.6 Å². The normalized spacial score (nSPS) is 13.1. The smallest absolute Gasteiger partial charge is 0.207 e. The number of hydrogen-bond acceptors (Lipinski definition) is 2. The van der Waals surface area contributed by atoms with Crippen molar-refractivity contribution < 1.29 is 12.8 Å². The number of hydrogen-bond donors (Lipinski definition) is 1. The van der Waals surface area contributed by atoms with E-state index in [0.29, 0.717) is 0 Å². The first-order valence-corrected chi connectivity index (χ1v) is 6.16. The van der Waals surface area contributed by atoms with Crippen molar-refractivity contribution in [1.82, 2.24) is 4.72 Å². The lowest BCUT2D eigenvalue weighted by molar-refractivity contribution is 0.574. The van der Waals surface area contributed by atoms with Crippen molar-refractivity contribution >= 4 is 21.6 Å². The van der Waals surface area contributed by atoms with Crippen LogP contribution in [0.3, 0.4) is 0 Å². The first-order chi connectivity index (χ1) is 7.36. The molecule has 0 saturated carbocycles. The molecule has 1 N–H and O–H groups in total. The first kappa shape index (κ1) is 13.0. The maximum atomic E-state index is 12.9. The van der Waals surface area contributed by atoms with Gasteiger partial charge in [-0.3, -0.25) is 0 Å². The van der Waals surface area contributed by atoms with E-state index in [2.05, 4.69) is 10.6 Å². The summed E-state index contributed by atoms with van der Waals surface area (Å²) in [6.45, 7) is 1.49. The Labute approximate surface area is 98.7 Å². The van der Waals surface area contributed by atoms with E-state index < -0.39 is 21.9 Å². The highest BCUT2D eigenvalue weighted by Crippen LogP contribution is 2.22. The van der Waals surface area contributed by atoms with Crippen LogP contribution in [0.4, 0.5) is 4.39 Å². The SMILES string of the molecule is C#CC(C)NS(=O)(=O)c1cc(F)ccc1Cl. The summed E-state index contributed by atoms with van der Waals surface area (Å²) in [7, 11) is -3.89. The van der Waals surface area contributed by atoms with E-state index in [-0.39, 0.29) is 9.92 Å². The van der Waals surface area contributed by atoms with Crippen molar-refractivity contribution in [3.63, 3.8) is 0 Å². The molecule has 1 aromatic carbocycles. The van der Waals surface area contributed by atoms with Crippen LogP contribution in [0.5, 0.6) is 0 Å². The van der Waals surface area contributed by atoms with Gasteiger partial charge in [-0.2, -0.15) is 4.72 Å². The molecule has 0 fully saturated rings. The van der Waals surface area contributed by atoms with Crippen LogP contribution in [0.15, 0.2) is 23.1 Å². The van der Waals surface area contributed by atoms with Gasteiger partial charge in [0, 0.05) is 0 Å². The third-order valence-corrected chi connectivity index (χ3v) is 3.79. The Balaban J connectivity index is 3.18. The first-order valence-electron chi connectivity index (χ1n) is 4.30. The molecule has 0 spiro atoms. The maximum Gasteiger partial charge on any atom is 0.243 e. The van der Waals surface area contributed by atoms with Gasteiger partial charge < -0.3 is 0 Å². The molecule has 0 amide bonds. The van der Waals surface area contributed by atoms with E-state index in [4.69, 9.17) is 18.0 Å². The molecule has 86 valence electrons. The highest BCUT2D eigenvalue weighted by Gasteiger charge is 2.20. The van der Waals surface area contributed by atoms with E-state index in [1.54, 1.807) is 0 Å². The molecule has 0 aliphatic heterocycles. The van der Waals surface area contributed by atoms with Gasteiger partial charge in [0.2, 0.25) is 10.0 Å². The van der Waals surface area contributed by atoms with Gasteiger partial charge in [-0.15, -0.1) is 6.42 Å². The van der Waals surface area contributed by atoms with E-state index in [9.17, 15) is 12.8 Å². The minimum atomic E-state index is -3.89. The van der Waals surface area contributed by atoms with Crippen LogP contribution in [0.25, 0.3) is 0 Å². The fourth-order valence-corrected chi connectivity index (χ4v) is 2.69. The third kappa shape index (κ3) is 2.95. The Bertz CT molecular complexity index is 536. The second-order valence-electron chi connectivity index (χ2n) is 3.08. The maximum absolute atomic E-state index is 12.9. The summed E-state index contributed by atoms with van der Waals surface area (Å²) in [4.78, 5) is -0.323. The standard InChI is InChI=1S/C10H9ClFNO2S/c1-3-7(2)13-16(14,15)10-6-8(12)4-5-9(10)11/h1,4-7,13H,2H3. The Kier molecular flexibility index (Phi) is 3.92. The topological polar surface area (TPSA) is 46.2 Å². The van der Waals surface area contributed by atoms with Crippen LogP contribution < -0.4 is 4.72 Å². The molecule has 16 heavy (non-hydrogen) atoms. The van der Waals surface area contributed by atoms with Crippen LogP contribution in [0.2, 0.25) is 5.02 Å². The average molecular weight is 262 g/mol. The van der Waals surface area contributed by atoms with Crippen molar-refractivity contribution in [3.8, 4) is 12.3 Å². The number of rotatable bonds is 3. The summed E-state index contributed by atoms with van der Waals surface area (Å²) >= 11 is 5.67. The molecule has 6 heteroatoms. The number of benzene rings is 1. The Morgan fingerprint density at radius 2 is 2.19 bits per heavy atom. The molecule has 0 aliphatic carbocycles. The lowest BCUT2D eigenvalue weighted by Crippen LogP contribution is -2.31. The number of halogens is 2. The van der Waals surface area contributed by atoms with Crippen molar-refractivity contribution in [1.29, 1.82) is 0 Å². The lowest BCUT2D eigenvalue weighted by Gasteiger charge is -2.10. The third-order valence-electron chi connectivity index (χ3n) is 1.76. The highest BCUT2D eigenvalue weighted by atomic mass is 35.5. The minimum absolute atomic E-state index is 0.0573. The monoisotopic (exact) mass is 261 g/mol. The predicted molar refractivity (Wildman–Crippen MR) is 60.0 cm³/mol. The number of terminal acetylenes is 1.